The summed E-state index contributed by atoms with van der Waals surface area (Å²) in [6, 6.07) is 4.53. The first-order chi connectivity index (χ1) is 11.5. The minimum Gasteiger partial charge on any atom is -0.497 e. The number of hydrogen-bond acceptors (Lipinski definition) is 8. The fourth-order valence-electron chi connectivity index (χ4n) is 2.44. The molecule has 2 N–H and O–H groups in total. The molecule has 0 bridgehead atoms. The van der Waals surface area contributed by atoms with Gasteiger partial charge in [-0.3, -0.25) is 5.32 Å². The summed E-state index contributed by atoms with van der Waals surface area (Å²) in [7, 11) is 4.37. The van der Waals surface area contributed by atoms with E-state index in [2.05, 4.69) is 15.6 Å². The average molecular weight is 330 g/mol. The van der Waals surface area contributed by atoms with E-state index < -0.39 is 12.0 Å². The van der Waals surface area contributed by atoms with Crippen LogP contribution in [0.1, 0.15) is 18.5 Å². The number of carbonyl (C=O) groups excluding carboxylic acids is 1. The highest BCUT2D eigenvalue weighted by molar-refractivity contribution is 5.95. The van der Waals surface area contributed by atoms with Crippen LogP contribution in [-0.2, 0) is 9.53 Å². The first kappa shape index (κ1) is 17.1. The summed E-state index contributed by atoms with van der Waals surface area (Å²) in [5.41, 5.74) is 1.53. The molecule has 126 valence electrons. The van der Waals surface area contributed by atoms with E-state index in [1.54, 1.807) is 38.4 Å². The lowest BCUT2D eigenvalue weighted by molar-refractivity contribution is -0.136. The van der Waals surface area contributed by atoms with Gasteiger partial charge in [0.05, 0.1) is 26.9 Å². The van der Waals surface area contributed by atoms with Crippen LogP contribution in [0.3, 0.4) is 0 Å². The van der Waals surface area contributed by atoms with Crippen LogP contribution in [0.25, 0.3) is 0 Å². The highest BCUT2D eigenvalue weighted by atomic mass is 16.5. The molecule has 24 heavy (non-hydrogen) atoms. The van der Waals surface area contributed by atoms with Gasteiger partial charge in [0.2, 0.25) is 5.96 Å². The molecule has 1 aromatic carbocycles. The van der Waals surface area contributed by atoms with Crippen LogP contribution in [0.4, 0.5) is 0 Å². The van der Waals surface area contributed by atoms with E-state index >= 15 is 0 Å². The first-order valence-electron chi connectivity index (χ1n) is 7.06. The van der Waals surface area contributed by atoms with Gasteiger partial charge in [0.25, 0.3) is 0 Å². The van der Waals surface area contributed by atoms with Gasteiger partial charge < -0.3 is 19.5 Å². The number of rotatable bonds is 4. The Morgan fingerprint density at radius 3 is 2.67 bits per heavy atom. The predicted octanol–water partition coefficient (Wildman–Crippen LogP) is 1.22. The van der Waals surface area contributed by atoms with Gasteiger partial charge in [-0.2, -0.15) is 5.26 Å². The number of esters is 1. The Morgan fingerprint density at radius 1 is 1.33 bits per heavy atom. The van der Waals surface area contributed by atoms with E-state index in [1.807, 2.05) is 0 Å². The van der Waals surface area contributed by atoms with Crippen LogP contribution in [0.2, 0.25) is 0 Å². The van der Waals surface area contributed by atoms with Crippen molar-refractivity contribution in [3.05, 3.63) is 35.0 Å². The maximum atomic E-state index is 12.2. The molecule has 1 aliphatic rings. The minimum atomic E-state index is -0.685. The van der Waals surface area contributed by atoms with Crippen molar-refractivity contribution in [2.45, 2.75) is 13.0 Å². The Kier molecular flexibility index (Phi) is 5.27. The number of nitrogens with zero attached hydrogens (tertiary/aromatic N) is 2. The molecular weight excluding hydrogens is 312 g/mol. The lowest BCUT2D eigenvalue weighted by atomic mass is 9.95. The maximum absolute atomic E-state index is 12.2. The fourth-order valence-corrected chi connectivity index (χ4v) is 2.44. The number of aliphatic imine (C=N–C) groups is 1. The van der Waals surface area contributed by atoms with E-state index in [0.29, 0.717) is 28.3 Å². The van der Waals surface area contributed by atoms with E-state index in [-0.39, 0.29) is 5.96 Å². The van der Waals surface area contributed by atoms with Gasteiger partial charge in [0, 0.05) is 17.3 Å². The lowest BCUT2D eigenvalue weighted by Gasteiger charge is -2.26. The zero-order valence-corrected chi connectivity index (χ0v) is 13.8. The molecule has 2 rings (SSSR count). The van der Waals surface area contributed by atoms with Gasteiger partial charge in [-0.05, 0) is 19.1 Å². The van der Waals surface area contributed by atoms with Crippen molar-refractivity contribution in [2.75, 3.05) is 21.3 Å². The van der Waals surface area contributed by atoms with Crippen LogP contribution < -0.4 is 20.1 Å². The summed E-state index contributed by atoms with van der Waals surface area (Å²) < 4.78 is 15.5. The number of benzene rings is 1. The molecular formula is C16H18N4O4. The Bertz CT molecular complexity index is 749. The van der Waals surface area contributed by atoms with Crippen molar-refractivity contribution in [3.8, 4) is 17.7 Å². The summed E-state index contributed by atoms with van der Waals surface area (Å²) in [6.45, 7) is 1.71. The number of carbonyl (C=O) groups is 1. The van der Waals surface area contributed by atoms with E-state index in [1.165, 1.54) is 14.2 Å². The normalized spacial score (nSPS) is 16.5. The first-order valence-corrected chi connectivity index (χ1v) is 7.06. The van der Waals surface area contributed by atoms with Crippen molar-refractivity contribution in [3.63, 3.8) is 0 Å². The second-order valence-electron chi connectivity index (χ2n) is 4.88. The molecule has 8 heteroatoms. The smallest absolute Gasteiger partial charge is 0.338 e. The zero-order chi connectivity index (χ0) is 17.7. The third-order valence-corrected chi connectivity index (χ3v) is 3.56. The number of methoxy groups -OCH3 is 3. The van der Waals surface area contributed by atoms with Gasteiger partial charge in [0.15, 0.2) is 6.19 Å². The molecule has 0 fully saturated rings. The second kappa shape index (κ2) is 7.37. The number of nitriles is 1. The number of allylic oxidation sites excluding steroid dienone is 1. The molecule has 0 radical (unpaired) electrons. The summed E-state index contributed by atoms with van der Waals surface area (Å²) >= 11 is 0. The Balaban J connectivity index is 2.59. The zero-order valence-electron chi connectivity index (χ0n) is 13.8. The highest BCUT2D eigenvalue weighted by Crippen LogP contribution is 2.38. The molecule has 8 nitrogen and oxygen atoms in total. The molecule has 0 aliphatic carbocycles. The molecule has 1 heterocycles. The van der Waals surface area contributed by atoms with Crippen LogP contribution in [0.15, 0.2) is 34.5 Å². The second-order valence-corrected chi connectivity index (χ2v) is 4.88. The summed E-state index contributed by atoms with van der Waals surface area (Å²) in [6.07, 6.45) is 1.80. The molecule has 0 aromatic heterocycles. The van der Waals surface area contributed by atoms with Crippen LogP contribution in [0, 0.1) is 11.5 Å². The van der Waals surface area contributed by atoms with Gasteiger partial charge in [0.1, 0.15) is 17.5 Å². The predicted molar refractivity (Wildman–Crippen MR) is 86.3 cm³/mol. The number of nitrogens with one attached hydrogen (secondary N) is 2. The number of guanidine groups is 1. The molecule has 0 unspecified atom stereocenters. The van der Waals surface area contributed by atoms with Gasteiger partial charge >= 0.3 is 5.97 Å². The summed E-state index contributed by atoms with van der Waals surface area (Å²) in [5, 5.41) is 14.1. The standard InChI is InChI=1S/C16H18N4O4/c1-9-13(15(21)24-4)14(20-16(19-9)18-8-17)11-6-5-10(22-2)7-12(11)23-3/h5-7,14H,1-4H3,(H2,18,19,20)/t14-/m1/s1. The van der Waals surface area contributed by atoms with Crippen LogP contribution in [-0.4, -0.2) is 33.3 Å². The topological polar surface area (TPSA) is 105 Å². The third-order valence-electron chi connectivity index (χ3n) is 3.56. The molecule has 1 aliphatic heterocycles. The van der Waals surface area contributed by atoms with Crippen molar-refractivity contribution >= 4 is 11.9 Å². The summed E-state index contributed by atoms with van der Waals surface area (Å²) in [4.78, 5) is 16.6. The Hall–Kier alpha value is -3.21. The minimum absolute atomic E-state index is 0.241. The van der Waals surface area contributed by atoms with E-state index in [9.17, 15) is 4.79 Å². The van der Waals surface area contributed by atoms with Crippen molar-refractivity contribution in [1.82, 2.24) is 10.6 Å². The van der Waals surface area contributed by atoms with Gasteiger partial charge in [-0.15, -0.1) is 0 Å². The van der Waals surface area contributed by atoms with Crippen LogP contribution >= 0.6 is 0 Å². The highest BCUT2D eigenvalue weighted by Gasteiger charge is 2.32. The van der Waals surface area contributed by atoms with Gasteiger partial charge in [-0.1, -0.05) is 0 Å². The van der Waals surface area contributed by atoms with E-state index in [4.69, 9.17) is 19.5 Å². The largest absolute Gasteiger partial charge is 0.497 e. The Morgan fingerprint density at radius 2 is 2.08 bits per heavy atom. The lowest BCUT2D eigenvalue weighted by Crippen LogP contribution is -2.39. The average Bonchev–Trinajstić information content (AvgIpc) is 2.60. The quantitative estimate of drug-likeness (QED) is 0.486. The molecule has 0 saturated carbocycles. The molecule has 0 spiro atoms. The fraction of sp³-hybridized carbons (Fsp3) is 0.312. The van der Waals surface area contributed by atoms with E-state index in [0.717, 1.165) is 0 Å². The van der Waals surface area contributed by atoms with Crippen molar-refractivity contribution in [1.29, 1.82) is 5.26 Å². The molecule has 1 aromatic rings. The molecule has 0 saturated heterocycles. The van der Waals surface area contributed by atoms with Crippen molar-refractivity contribution in [2.24, 2.45) is 4.99 Å². The molecule has 0 amide bonds. The number of ether oxygens (including phenoxy) is 3. The van der Waals surface area contributed by atoms with Crippen LogP contribution in [0.5, 0.6) is 11.5 Å². The van der Waals surface area contributed by atoms with Gasteiger partial charge in [-0.25, -0.2) is 9.79 Å². The SMILES string of the molecule is COC(=O)C1=C(C)NC(NC#N)=N[C@@H]1c1ccc(OC)cc1OC. The molecule has 1 atom stereocenters. The summed E-state index contributed by atoms with van der Waals surface area (Å²) in [5.74, 6) is 0.855. The number of hydrogen-bond donors (Lipinski definition) is 2. The third kappa shape index (κ3) is 3.25. The Labute approximate surface area is 139 Å². The monoisotopic (exact) mass is 330 g/mol. The van der Waals surface area contributed by atoms with Crippen molar-refractivity contribution < 1.29 is 19.0 Å². The maximum Gasteiger partial charge on any atom is 0.338 e.